The zero-order valence-electron chi connectivity index (χ0n) is 10.7. The highest BCUT2D eigenvalue weighted by Gasteiger charge is 2.23. The van der Waals surface area contributed by atoms with Crippen LogP contribution in [0, 0.1) is 5.82 Å². The van der Waals surface area contributed by atoms with Crippen molar-refractivity contribution in [1.29, 1.82) is 0 Å². The summed E-state index contributed by atoms with van der Waals surface area (Å²) < 4.78 is 12.7. The van der Waals surface area contributed by atoms with Gasteiger partial charge in [0.15, 0.2) is 0 Å². The largest absolute Gasteiger partial charge is 0.384 e. The lowest BCUT2D eigenvalue weighted by Gasteiger charge is -2.22. The lowest BCUT2D eigenvalue weighted by Crippen LogP contribution is -2.22. The third-order valence-electron chi connectivity index (χ3n) is 3.05. The van der Waals surface area contributed by atoms with Crippen LogP contribution in [0.1, 0.15) is 58.1 Å². The Morgan fingerprint density at radius 3 is 2.53 bits per heavy atom. The average molecular weight is 239 g/mol. The Kier molecular flexibility index (Phi) is 5.56. The molecule has 0 aliphatic carbocycles. The minimum absolute atomic E-state index is 0.368. The second-order valence-corrected chi connectivity index (χ2v) is 4.80. The molecular weight excluding hydrogens is 217 g/mol. The molecule has 0 bridgehead atoms. The van der Waals surface area contributed by atoms with E-state index in [1.807, 2.05) is 0 Å². The molecule has 0 saturated carbocycles. The number of nitrogens with zero attached hydrogens (tertiary/aromatic N) is 1. The van der Waals surface area contributed by atoms with Crippen LogP contribution in [0.15, 0.2) is 18.3 Å². The van der Waals surface area contributed by atoms with E-state index in [0.717, 1.165) is 19.0 Å². The van der Waals surface area contributed by atoms with Gasteiger partial charge in [0.1, 0.15) is 11.4 Å². The van der Waals surface area contributed by atoms with E-state index >= 15 is 0 Å². The molecule has 0 spiro atoms. The van der Waals surface area contributed by atoms with E-state index in [-0.39, 0.29) is 5.82 Å². The molecule has 3 heteroatoms. The van der Waals surface area contributed by atoms with Crippen molar-refractivity contribution < 1.29 is 9.50 Å². The normalized spacial score (nSPS) is 14.6. The molecule has 0 radical (unpaired) electrons. The van der Waals surface area contributed by atoms with Crippen LogP contribution in [-0.4, -0.2) is 10.1 Å². The maximum Gasteiger partial charge on any atom is 0.141 e. The molecule has 1 heterocycles. The van der Waals surface area contributed by atoms with Crippen molar-refractivity contribution in [3.8, 4) is 0 Å². The van der Waals surface area contributed by atoms with Crippen LogP contribution in [0.4, 0.5) is 4.39 Å². The summed E-state index contributed by atoms with van der Waals surface area (Å²) in [7, 11) is 0. The van der Waals surface area contributed by atoms with E-state index in [2.05, 4.69) is 11.9 Å². The molecule has 0 fully saturated rings. The smallest absolute Gasteiger partial charge is 0.141 e. The van der Waals surface area contributed by atoms with Crippen molar-refractivity contribution in [1.82, 2.24) is 4.98 Å². The summed E-state index contributed by atoms with van der Waals surface area (Å²) in [6.07, 6.45) is 7.61. The zero-order valence-corrected chi connectivity index (χ0v) is 10.7. The summed E-state index contributed by atoms with van der Waals surface area (Å²) in [5.41, 5.74) is -0.394. The van der Waals surface area contributed by atoms with Crippen molar-refractivity contribution in [2.24, 2.45) is 0 Å². The second kappa shape index (κ2) is 6.70. The maximum absolute atomic E-state index is 12.7. The summed E-state index contributed by atoms with van der Waals surface area (Å²) in [4.78, 5) is 3.94. The molecule has 0 aliphatic rings. The molecule has 0 saturated heterocycles. The highest BCUT2D eigenvalue weighted by atomic mass is 19.1. The van der Waals surface area contributed by atoms with Crippen molar-refractivity contribution in [3.05, 3.63) is 29.8 Å². The fourth-order valence-electron chi connectivity index (χ4n) is 1.90. The van der Waals surface area contributed by atoms with E-state index in [4.69, 9.17) is 0 Å². The Balaban J connectivity index is 2.42. The first-order valence-corrected chi connectivity index (χ1v) is 6.40. The zero-order chi connectivity index (χ0) is 12.7. The fraction of sp³-hybridized carbons (Fsp3) is 0.643. The van der Waals surface area contributed by atoms with Gasteiger partial charge in [0.05, 0.1) is 11.9 Å². The molecule has 17 heavy (non-hydrogen) atoms. The van der Waals surface area contributed by atoms with Gasteiger partial charge in [-0.25, -0.2) is 4.39 Å². The number of aromatic nitrogens is 1. The number of aliphatic hydroxyl groups is 1. The Morgan fingerprint density at radius 2 is 1.94 bits per heavy atom. The number of hydrogen-bond acceptors (Lipinski definition) is 2. The van der Waals surface area contributed by atoms with E-state index in [9.17, 15) is 9.50 Å². The molecule has 1 unspecified atom stereocenters. The first-order chi connectivity index (χ1) is 8.06. The Morgan fingerprint density at radius 1 is 1.24 bits per heavy atom. The van der Waals surface area contributed by atoms with Crippen LogP contribution < -0.4 is 0 Å². The molecule has 1 atom stereocenters. The number of hydrogen-bond donors (Lipinski definition) is 1. The van der Waals surface area contributed by atoms with Crippen LogP contribution in [0.25, 0.3) is 0 Å². The lowest BCUT2D eigenvalue weighted by atomic mass is 9.94. The molecule has 1 rings (SSSR count). The Hall–Kier alpha value is -0.960. The topological polar surface area (TPSA) is 33.1 Å². The first-order valence-electron chi connectivity index (χ1n) is 6.40. The van der Waals surface area contributed by atoms with Crippen molar-refractivity contribution in [3.63, 3.8) is 0 Å². The van der Waals surface area contributed by atoms with Crippen LogP contribution in [0.2, 0.25) is 0 Å². The SMILES string of the molecule is CCCCCCCC(C)(O)c1ccc(F)cn1. The van der Waals surface area contributed by atoms with Crippen LogP contribution in [0.5, 0.6) is 0 Å². The number of unbranched alkanes of at least 4 members (excludes halogenated alkanes) is 4. The highest BCUT2D eigenvalue weighted by molar-refractivity contribution is 5.12. The maximum atomic E-state index is 12.7. The predicted octanol–water partition coefficient (Wildman–Crippen LogP) is 3.79. The first kappa shape index (κ1) is 14.1. The summed E-state index contributed by atoms with van der Waals surface area (Å²) in [6.45, 7) is 3.92. The Bertz CT molecular complexity index is 321. The third kappa shape index (κ3) is 4.82. The molecule has 96 valence electrons. The average Bonchev–Trinajstić information content (AvgIpc) is 2.29. The van der Waals surface area contributed by atoms with Gasteiger partial charge in [-0.2, -0.15) is 0 Å². The summed E-state index contributed by atoms with van der Waals surface area (Å²) >= 11 is 0. The van der Waals surface area contributed by atoms with Crippen LogP contribution in [-0.2, 0) is 5.60 Å². The molecule has 0 aromatic carbocycles. The van der Waals surface area contributed by atoms with Gasteiger partial charge in [-0.3, -0.25) is 4.98 Å². The van der Waals surface area contributed by atoms with Gasteiger partial charge in [-0.05, 0) is 25.5 Å². The highest BCUT2D eigenvalue weighted by Crippen LogP contribution is 2.25. The molecule has 2 nitrogen and oxygen atoms in total. The molecule has 1 aromatic heterocycles. The number of halogens is 1. The quantitative estimate of drug-likeness (QED) is 0.734. The van der Waals surface area contributed by atoms with Gasteiger partial charge in [0.25, 0.3) is 0 Å². The predicted molar refractivity (Wildman–Crippen MR) is 67.1 cm³/mol. The molecule has 0 amide bonds. The molecule has 1 aromatic rings. The van der Waals surface area contributed by atoms with Crippen LogP contribution >= 0.6 is 0 Å². The van der Waals surface area contributed by atoms with E-state index in [0.29, 0.717) is 12.1 Å². The van der Waals surface area contributed by atoms with E-state index < -0.39 is 5.60 Å². The summed E-state index contributed by atoms with van der Waals surface area (Å²) in [5.74, 6) is -0.368. The minimum Gasteiger partial charge on any atom is -0.384 e. The standard InChI is InChI=1S/C14H22FNO/c1-3-4-5-6-7-10-14(2,17)13-9-8-12(15)11-16-13/h8-9,11,17H,3-7,10H2,1-2H3. The lowest BCUT2D eigenvalue weighted by molar-refractivity contribution is 0.0403. The van der Waals surface area contributed by atoms with E-state index in [1.165, 1.54) is 25.3 Å². The molecule has 0 aliphatic heterocycles. The summed E-state index contributed by atoms with van der Waals surface area (Å²) in [6, 6.07) is 2.90. The Labute approximate surface area is 103 Å². The van der Waals surface area contributed by atoms with Crippen LogP contribution in [0.3, 0.4) is 0 Å². The molecular formula is C14H22FNO. The number of pyridine rings is 1. The van der Waals surface area contributed by atoms with E-state index in [1.54, 1.807) is 13.0 Å². The molecule has 1 N–H and O–H groups in total. The van der Waals surface area contributed by atoms with Gasteiger partial charge in [-0.1, -0.05) is 39.0 Å². The monoisotopic (exact) mass is 239 g/mol. The summed E-state index contributed by atoms with van der Waals surface area (Å²) in [5, 5.41) is 10.2. The van der Waals surface area contributed by atoms with Gasteiger partial charge >= 0.3 is 0 Å². The van der Waals surface area contributed by atoms with Gasteiger partial charge in [-0.15, -0.1) is 0 Å². The second-order valence-electron chi connectivity index (χ2n) is 4.80. The van der Waals surface area contributed by atoms with Gasteiger partial charge in [0.2, 0.25) is 0 Å². The van der Waals surface area contributed by atoms with Crippen molar-refractivity contribution >= 4 is 0 Å². The van der Waals surface area contributed by atoms with Gasteiger partial charge < -0.3 is 5.11 Å². The minimum atomic E-state index is -0.945. The number of rotatable bonds is 7. The van der Waals surface area contributed by atoms with Crippen molar-refractivity contribution in [2.45, 2.75) is 58.0 Å². The van der Waals surface area contributed by atoms with Gasteiger partial charge in [0, 0.05) is 0 Å². The van der Waals surface area contributed by atoms with Crippen molar-refractivity contribution in [2.75, 3.05) is 0 Å². The fourth-order valence-corrected chi connectivity index (χ4v) is 1.90. The third-order valence-corrected chi connectivity index (χ3v) is 3.05.